The van der Waals surface area contributed by atoms with Crippen LogP contribution in [0, 0.1) is 23.0 Å². The van der Waals surface area contributed by atoms with E-state index in [2.05, 4.69) is 35.6 Å². The fourth-order valence-electron chi connectivity index (χ4n) is 10.8. The second-order valence-corrected chi connectivity index (χ2v) is 20.0. The monoisotopic (exact) mass is 963 g/mol. The summed E-state index contributed by atoms with van der Waals surface area (Å²) in [5.41, 5.74) is 9.52. The van der Waals surface area contributed by atoms with Gasteiger partial charge in [-0.15, -0.1) is 0 Å². The van der Waals surface area contributed by atoms with Crippen LogP contribution in [-0.4, -0.2) is 158 Å². The van der Waals surface area contributed by atoms with Crippen molar-refractivity contribution in [3.05, 3.63) is 48.2 Å². The number of ether oxygens (including phenoxy) is 1. The Hall–Kier alpha value is -7.04. The molecule has 1 aliphatic carbocycles. The van der Waals surface area contributed by atoms with Gasteiger partial charge in [-0.3, -0.25) is 19.7 Å². The zero-order valence-corrected chi connectivity index (χ0v) is 39.1. The summed E-state index contributed by atoms with van der Waals surface area (Å²) in [5, 5.41) is 15.0. The summed E-state index contributed by atoms with van der Waals surface area (Å²) in [5.74, 6) is -0.386. The van der Waals surface area contributed by atoms with Gasteiger partial charge in [0.25, 0.3) is 5.91 Å². The molecule has 6 fully saturated rings. The van der Waals surface area contributed by atoms with Crippen molar-refractivity contribution in [1.82, 2.24) is 54.9 Å². The van der Waals surface area contributed by atoms with Gasteiger partial charge in [-0.25, -0.2) is 38.2 Å². The molecule has 23 heteroatoms. The SMILES string of the molecule is CC(C)n1nc(-c2noc(C3CC3)c2-c2ncc(N3CCN(C(=O)OCC(=O)N4CCC(CN5CC6(C5)CN(c5c(F)cc(NC7CCC(=O)NC7=O)cc5F)C6)CC4)CC3)cn2)c2c(N)ncnc21. The number of nitrogen functional groups attached to an aromatic ring is 1. The highest BCUT2D eigenvalue weighted by Gasteiger charge is 2.53. The van der Waals surface area contributed by atoms with Gasteiger partial charge in [-0.1, -0.05) is 5.16 Å². The Kier molecular flexibility index (Phi) is 11.7. The normalized spacial score (nSPS) is 20.8. The third kappa shape index (κ3) is 8.67. The van der Waals surface area contributed by atoms with Crippen molar-refractivity contribution in [2.45, 2.75) is 70.4 Å². The Morgan fingerprint density at radius 2 is 1.61 bits per heavy atom. The van der Waals surface area contributed by atoms with E-state index < -0.39 is 29.7 Å². The molecule has 5 aromatic rings. The van der Waals surface area contributed by atoms with E-state index in [1.807, 2.05) is 13.8 Å². The van der Waals surface area contributed by atoms with Crippen molar-refractivity contribution in [3.8, 4) is 22.8 Å². The van der Waals surface area contributed by atoms with E-state index in [0.29, 0.717) is 104 Å². The number of likely N-dealkylation sites (tertiary alicyclic amines) is 2. The second-order valence-electron chi connectivity index (χ2n) is 20.0. The van der Waals surface area contributed by atoms with E-state index in [0.717, 1.165) is 51.0 Å². The molecular weight excluding hydrogens is 909 g/mol. The molecule has 1 spiro atoms. The maximum atomic E-state index is 15.2. The summed E-state index contributed by atoms with van der Waals surface area (Å²) < 4.78 is 43.6. The van der Waals surface area contributed by atoms with Crippen LogP contribution in [0.4, 0.5) is 36.5 Å². The minimum Gasteiger partial charge on any atom is -0.439 e. The predicted molar refractivity (Wildman–Crippen MR) is 250 cm³/mol. The van der Waals surface area contributed by atoms with E-state index in [1.54, 1.807) is 31.8 Å². The lowest BCUT2D eigenvalue weighted by molar-refractivity contribution is -0.136. The van der Waals surface area contributed by atoms with Crippen LogP contribution in [0.1, 0.15) is 70.1 Å². The van der Waals surface area contributed by atoms with E-state index >= 15 is 8.78 Å². The number of imide groups is 1. The highest BCUT2D eigenvalue weighted by atomic mass is 19.1. The molecule has 4 aromatic heterocycles. The van der Waals surface area contributed by atoms with Crippen molar-refractivity contribution in [2.75, 3.05) is 99.4 Å². The van der Waals surface area contributed by atoms with E-state index in [9.17, 15) is 19.2 Å². The molecule has 5 aliphatic heterocycles. The zero-order chi connectivity index (χ0) is 48.4. The number of nitrogens with zero attached hydrogens (tertiary/aromatic N) is 12. The lowest BCUT2D eigenvalue weighted by Crippen LogP contribution is -2.72. The summed E-state index contributed by atoms with van der Waals surface area (Å²) in [7, 11) is 0. The van der Waals surface area contributed by atoms with Crippen LogP contribution in [0.25, 0.3) is 33.8 Å². The number of benzene rings is 1. The first-order chi connectivity index (χ1) is 33.8. The maximum Gasteiger partial charge on any atom is 0.410 e. The van der Waals surface area contributed by atoms with Gasteiger partial charge in [-0.2, -0.15) is 5.10 Å². The lowest BCUT2D eigenvalue weighted by atomic mass is 9.72. The number of piperazine rings is 1. The molecule has 21 nitrogen and oxygen atoms in total. The molecular formula is C47H55F2N15O6. The summed E-state index contributed by atoms with van der Waals surface area (Å²) in [6.45, 7) is 10.4. The van der Waals surface area contributed by atoms with Gasteiger partial charge in [0.05, 0.1) is 29.0 Å². The third-order valence-electron chi connectivity index (χ3n) is 14.5. The topological polar surface area (TPSA) is 239 Å². The quantitative estimate of drug-likeness (QED) is 0.151. The van der Waals surface area contributed by atoms with Gasteiger partial charge in [0.15, 0.2) is 35.5 Å². The zero-order valence-electron chi connectivity index (χ0n) is 39.1. The van der Waals surface area contributed by atoms with Crippen LogP contribution < -0.4 is 26.2 Å². The van der Waals surface area contributed by atoms with Crippen molar-refractivity contribution < 1.29 is 37.2 Å². The summed E-state index contributed by atoms with van der Waals surface area (Å²) >= 11 is 0. The molecule has 11 rings (SSSR count). The first-order valence-corrected chi connectivity index (χ1v) is 24.1. The van der Waals surface area contributed by atoms with E-state index in [1.165, 1.54) is 18.5 Å². The van der Waals surface area contributed by atoms with Gasteiger partial charge in [0.1, 0.15) is 35.3 Å². The number of fused-ring (bicyclic) bond motifs is 1. The summed E-state index contributed by atoms with van der Waals surface area (Å²) in [6.07, 6.45) is 8.47. The number of amides is 4. The number of rotatable bonds is 12. The van der Waals surface area contributed by atoms with Crippen LogP contribution in [0.3, 0.4) is 0 Å². The molecule has 1 saturated carbocycles. The van der Waals surface area contributed by atoms with Crippen molar-refractivity contribution >= 4 is 57.7 Å². The molecule has 0 bridgehead atoms. The molecule has 0 radical (unpaired) electrons. The maximum absolute atomic E-state index is 15.2. The van der Waals surface area contributed by atoms with Crippen LogP contribution in [0.2, 0.25) is 0 Å². The Bertz CT molecular complexity index is 2820. The highest BCUT2D eigenvalue weighted by molar-refractivity contribution is 6.02. The fraction of sp³-hybridized carbons (Fsp3) is 0.532. The highest BCUT2D eigenvalue weighted by Crippen LogP contribution is 2.48. The number of carbonyl (C=O) groups excluding carboxylic acids is 4. The molecule has 70 heavy (non-hydrogen) atoms. The fourth-order valence-corrected chi connectivity index (χ4v) is 10.8. The van der Waals surface area contributed by atoms with E-state index in [4.69, 9.17) is 30.1 Å². The first-order valence-electron chi connectivity index (χ1n) is 24.1. The number of hydrogen-bond donors (Lipinski definition) is 3. The number of anilines is 4. The molecule has 1 aromatic carbocycles. The summed E-state index contributed by atoms with van der Waals surface area (Å²) in [6, 6.07) is 1.67. The molecule has 9 heterocycles. The average Bonchev–Trinajstić information content (AvgIpc) is 3.95. The van der Waals surface area contributed by atoms with Crippen LogP contribution >= 0.6 is 0 Å². The predicted octanol–water partition coefficient (Wildman–Crippen LogP) is 3.79. The molecule has 5 saturated heterocycles. The van der Waals surface area contributed by atoms with Crippen LogP contribution in [0.5, 0.6) is 0 Å². The molecule has 1 atom stereocenters. The first kappa shape index (κ1) is 45.4. The number of carbonyl (C=O) groups is 4. The minimum absolute atomic E-state index is 0.00522. The number of nitrogens with two attached hydrogens (primary N) is 1. The Balaban J connectivity index is 0.610. The number of aromatic nitrogens is 7. The van der Waals surface area contributed by atoms with Crippen molar-refractivity contribution in [3.63, 3.8) is 0 Å². The summed E-state index contributed by atoms with van der Waals surface area (Å²) in [4.78, 5) is 77.6. The van der Waals surface area contributed by atoms with Gasteiger partial charge in [0, 0.05) is 101 Å². The standard InChI is InChI=1S/C47H55F2N15O6/c1-26(2)64-44-37(42(50)53-25-54-44)38(57-64)39-36(41(70-58-39)28-3-4-28)43-51-17-30(18-52-43)60-11-13-62(14-12-60)46(68)69-20-35(66)61-9-7-27(8-10-61)19-59-21-47(22-59)23-63(24-47)40-31(48)15-29(16-32(40)49)55-33-5-6-34(65)56-45(33)67/h15-18,25-28,33,55H,3-14,19-24H2,1-2H3,(H2,50,53,54)(H,56,65,67). The molecule has 6 aliphatic rings. The van der Waals surface area contributed by atoms with Gasteiger partial charge in [0.2, 0.25) is 11.8 Å². The molecule has 4 N–H and O–H groups in total. The van der Waals surface area contributed by atoms with Crippen LogP contribution in [0.15, 0.2) is 35.4 Å². The lowest BCUT2D eigenvalue weighted by Gasteiger charge is -2.61. The smallest absolute Gasteiger partial charge is 0.410 e. The van der Waals surface area contributed by atoms with Gasteiger partial charge < -0.3 is 44.8 Å². The number of halogens is 2. The minimum atomic E-state index is -0.735. The van der Waals surface area contributed by atoms with E-state index in [-0.39, 0.29) is 60.0 Å². The van der Waals surface area contributed by atoms with Crippen LogP contribution in [-0.2, 0) is 19.1 Å². The van der Waals surface area contributed by atoms with Crippen molar-refractivity contribution in [2.24, 2.45) is 11.3 Å². The molecule has 4 amide bonds. The Morgan fingerprint density at radius 3 is 2.29 bits per heavy atom. The Morgan fingerprint density at radius 1 is 0.900 bits per heavy atom. The largest absolute Gasteiger partial charge is 0.439 e. The molecule has 368 valence electrons. The van der Waals surface area contributed by atoms with Crippen molar-refractivity contribution in [1.29, 1.82) is 0 Å². The number of nitrogens with one attached hydrogen (secondary N) is 2. The number of hydrogen-bond acceptors (Lipinski definition) is 17. The molecule has 1 unspecified atom stereocenters. The number of piperidine rings is 2. The average molecular weight is 964 g/mol. The third-order valence-corrected chi connectivity index (χ3v) is 14.5. The van der Waals surface area contributed by atoms with Gasteiger partial charge >= 0.3 is 6.09 Å². The second kappa shape index (κ2) is 18.0. The Labute approximate surface area is 401 Å². The van der Waals surface area contributed by atoms with Gasteiger partial charge in [-0.05, 0) is 64.0 Å².